The molecule has 0 radical (unpaired) electrons. The van der Waals surface area contributed by atoms with Crippen LogP contribution in [0.5, 0.6) is 0 Å². The van der Waals surface area contributed by atoms with Gasteiger partial charge in [0, 0.05) is 19.2 Å². The first-order valence-electron chi connectivity index (χ1n) is 6.69. The maximum Gasteiger partial charge on any atom is 0.0975 e. The highest BCUT2D eigenvalue weighted by atomic mass is 16.5. The van der Waals surface area contributed by atoms with Crippen molar-refractivity contribution in [2.75, 3.05) is 19.8 Å². The molecule has 0 bridgehead atoms. The van der Waals surface area contributed by atoms with Gasteiger partial charge >= 0.3 is 0 Å². The fourth-order valence-electron chi connectivity index (χ4n) is 2.33. The van der Waals surface area contributed by atoms with Crippen LogP contribution in [0, 0.1) is 5.92 Å². The van der Waals surface area contributed by atoms with E-state index in [2.05, 4.69) is 5.32 Å². The van der Waals surface area contributed by atoms with E-state index < -0.39 is 5.60 Å². The molecule has 3 nitrogen and oxygen atoms in total. The van der Waals surface area contributed by atoms with Crippen LogP contribution < -0.4 is 5.32 Å². The van der Waals surface area contributed by atoms with E-state index in [0.29, 0.717) is 19.2 Å². The van der Waals surface area contributed by atoms with Gasteiger partial charge in [0.1, 0.15) is 0 Å². The maximum atomic E-state index is 10.1. The summed E-state index contributed by atoms with van der Waals surface area (Å²) < 4.78 is 5.65. The standard InChI is InChI=1S/C13H25NO2/c1-13(15,9-14-12-6-7-12)10-16-8-11-4-2-3-5-11/h11-12,14-15H,2-10H2,1H3. The summed E-state index contributed by atoms with van der Waals surface area (Å²) in [6, 6.07) is 0.654. The molecule has 0 amide bonds. The van der Waals surface area contributed by atoms with E-state index in [9.17, 15) is 5.11 Å². The Balaban J connectivity index is 1.55. The van der Waals surface area contributed by atoms with Crippen LogP contribution >= 0.6 is 0 Å². The Morgan fingerprint density at radius 3 is 2.56 bits per heavy atom. The quantitative estimate of drug-likeness (QED) is 0.695. The number of ether oxygens (including phenoxy) is 1. The minimum Gasteiger partial charge on any atom is -0.386 e. The molecule has 2 fully saturated rings. The van der Waals surface area contributed by atoms with E-state index in [4.69, 9.17) is 4.74 Å². The molecule has 2 aliphatic carbocycles. The second-order valence-electron chi connectivity index (χ2n) is 5.82. The fraction of sp³-hybridized carbons (Fsp3) is 1.00. The van der Waals surface area contributed by atoms with E-state index in [1.807, 2.05) is 6.92 Å². The second-order valence-corrected chi connectivity index (χ2v) is 5.82. The van der Waals surface area contributed by atoms with Crippen LogP contribution in [0.25, 0.3) is 0 Å². The summed E-state index contributed by atoms with van der Waals surface area (Å²) in [5, 5.41) is 13.4. The van der Waals surface area contributed by atoms with Crippen LogP contribution in [0.1, 0.15) is 45.4 Å². The SMILES string of the molecule is CC(O)(CNC1CC1)COCC1CCCC1. The molecule has 0 aromatic carbocycles. The first kappa shape index (κ1) is 12.3. The average Bonchev–Trinajstić information content (AvgIpc) is 2.93. The normalized spacial score (nSPS) is 25.9. The van der Waals surface area contributed by atoms with Gasteiger partial charge in [0.2, 0.25) is 0 Å². The Morgan fingerprint density at radius 1 is 1.25 bits per heavy atom. The molecule has 0 saturated heterocycles. The molecule has 16 heavy (non-hydrogen) atoms. The molecular formula is C13H25NO2. The fourth-order valence-corrected chi connectivity index (χ4v) is 2.33. The van der Waals surface area contributed by atoms with Gasteiger partial charge < -0.3 is 15.2 Å². The number of aliphatic hydroxyl groups is 1. The van der Waals surface area contributed by atoms with Crippen molar-refractivity contribution in [1.82, 2.24) is 5.32 Å². The third kappa shape index (κ3) is 4.40. The summed E-state index contributed by atoms with van der Waals surface area (Å²) in [5.74, 6) is 0.743. The van der Waals surface area contributed by atoms with E-state index in [1.54, 1.807) is 0 Å². The van der Waals surface area contributed by atoms with Gasteiger partial charge in [-0.15, -0.1) is 0 Å². The zero-order valence-electron chi connectivity index (χ0n) is 10.4. The third-order valence-corrected chi connectivity index (χ3v) is 3.59. The van der Waals surface area contributed by atoms with Crippen LogP contribution in [-0.2, 0) is 4.74 Å². The molecule has 0 aliphatic heterocycles. The Labute approximate surface area is 98.6 Å². The summed E-state index contributed by atoms with van der Waals surface area (Å²) in [6.07, 6.45) is 7.85. The van der Waals surface area contributed by atoms with Crippen LogP contribution in [0.3, 0.4) is 0 Å². The van der Waals surface area contributed by atoms with Gasteiger partial charge in [-0.05, 0) is 38.5 Å². The van der Waals surface area contributed by atoms with Crippen molar-refractivity contribution in [3.8, 4) is 0 Å². The Bertz CT molecular complexity index is 208. The van der Waals surface area contributed by atoms with E-state index in [1.165, 1.54) is 38.5 Å². The van der Waals surface area contributed by atoms with Gasteiger partial charge in [-0.2, -0.15) is 0 Å². The van der Waals surface area contributed by atoms with Crippen molar-refractivity contribution < 1.29 is 9.84 Å². The molecule has 2 aliphatic rings. The lowest BCUT2D eigenvalue weighted by atomic mass is 10.1. The molecule has 94 valence electrons. The Hall–Kier alpha value is -0.120. The minimum atomic E-state index is -0.707. The van der Waals surface area contributed by atoms with Crippen LogP contribution in [0.4, 0.5) is 0 Å². The molecule has 1 unspecified atom stereocenters. The largest absolute Gasteiger partial charge is 0.386 e. The average molecular weight is 227 g/mol. The van der Waals surface area contributed by atoms with Crippen molar-refractivity contribution in [3.05, 3.63) is 0 Å². The summed E-state index contributed by atoms with van der Waals surface area (Å²) in [5.41, 5.74) is -0.707. The minimum absolute atomic E-state index is 0.462. The first-order valence-corrected chi connectivity index (χ1v) is 6.69. The van der Waals surface area contributed by atoms with Crippen LogP contribution in [-0.4, -0.2) is 36.5 Å². The van der Waals surface area contributed by atoms with Crippen molar-refractivity contribution in [2.24, 2.45) is 5.92 Å². The molecular weight excluding hydrogens is 202 g/mol. The lowest BCUT2D eigenvalue weighted by Crippen LogP contribution is -2.42. The van der Waals surface area contributed by atoms with E-state index in [0.717, 1.165) is 12.5 Å². The van der Waals surface area contributed by atoms with Crippen LogP contribution in [0.2, 0.25) is 0 Å². The molecule has 0 aromatic rings. The van der Waals surface area contributed by atoms with Crippen molar-refractivity contribution in [2.45, 2.75) is 57.1 Å². The summed E-state index contributed by atoms with van der Waals surface area (Å²) in [6.45, 7) is 3.81. The number of hydrogen-bond acceptors (Lipinski definition) is 3. The molecule has 2 saturated carbocycles. The predicted molar refractivity (Wildman–Crippen MR) is 64.4 cm³/mol. The van der Waals surface area contributed by atoms with Crippen molar-refractivity contribution >= 4 is 0 Å². The van der Waals surface area contributed by atoms with Crippen molar-refractivity contribution in [1.29, 1.82) is 0 Å². The van der Waals surface area contributed by atoms with Gasteiger partial charge in [0.15, 0.2) is 0 Å². The predicted octanol–water partition coefficient (Wildman–Crippen LogP) is 1.70. The zero-order valence-corrected chi connectivity index (χ0v) is 10.4. The topological polar surface area (TPSA) is 41.5 Å². The monoisotopic (exact) mass is 227 g/mol. The van der Waals surface area contributed by atoms with Gasteiger partial charge in [-0.25, -0.2) is 0 Å². The number of rotatable bonds is 7. The Kier molecular flexibility index (Phi) is 4.22. The zero-order chi connectivity index (χ0) is 11.4. The molecule has 0 spiro atoms. The highest BCUT2D eigenvalue weighted by Gasteiger charge is 2.27. The van der Waals surface area contributed by atoms with Gasteiger partial charge in [0.25, 0.3) is 0 Å². The van der Waals surface area contributed by atoms with Gasteiger partial charge in [-0.3, -0.25) is 0 Å². The maximum absolute atomic E-state index is 10.1. The summed E-state index contributed by atoms with van der Waals surface area (Å²) >= 11 is 0. The third-order valence-electron chi connectivity index (χ3n) is 3.59. The van der Waals surface area contributed by atoms with E-state index in [-0.39, 0.29) is 0 Å². The lowest BCUT2D eigenvalue weighted by Gasteiger charge is -2.24. The number of nitrogens with one attached hydrogen (secondary N) is 1. The molecule has 2 N–H and O–H groups in total. The lowest BCUT2D eigenvalue weighted by molar-refractivity contribution is -0.0406. The second kappa shape index (κ2) is 5.48. The molecule has 0 aromatic heterocycles. The summed E-state index contributed by atoms with van der Waals surface area (Å²) in [4.78, 5) is 0. The number of hydrogen-bond donors (Lipinski definition) is 2. The van der Waals surface area contributed by atoms with Gasteiger partial charge in [0.05, 0.1) is 12.2 Å². The molecule has 0 heterocycles. The van der Waals surface area contributed by atoms with E-state index >= 15 is 0 Å². The molecule has 1 atom stereocenters. The smallest absolute Gasteiger partial charge is 0.0975 e. The highest BCUT2D eigenvalue weighted by Crippen LogP contribution is 2.25. The molecule has 3 heteroatoms. The summed E-state index contributed by atoms with van der Waals surface area (Å²) in [7, 11) is 0. The van der Waals surface area contributed by atoms with Gasteiger partial charge in [-0.1, -0.05) is 12.8 Å². The Morgan fingerprint density at radius 2 is 1.94 bits per heavy atom. The highest BCUT2D eigenvalue weighted by molar-refractivity contribution is 4.85. The van der Waals surface area contributed by atoms with Crippen molar-refractivity contribution in [3.63, 3.8) is 0 Å². The first-order chi connectivity index (χ1) is 7.66. The molecule has 2 rings (SSSR count). The van der Waals surface area contributed by atoms with Crippen LogP contribution in [0.15, 0.2) is 0 Å².